The Labute approximate surface area is 179 Å². The van der Waals surface area contributed by atoms with Gasteiger partial charge in [0.1, 0.15) is 17.2 Å². The molecule has 0 atom stereocenters. The molecule has 0 heterocycles. The summed E-state index contributed by atoms with van der Waals surface area (Å²) in [5.41, 5.74) is 1.25. The maximum atomic E-state index is 12.8. The topological polar surface area (TPSA) is 61.8 Å². The summed E-state index contributed by atoms with van der Waals surface area (Å²) in [6.07, 6.45) is 3.02. The molecule has 0 radical (unpaired) electrons. The minimum absolute atomic E-state index is 0.120. The Hall–Kier alpha value is -3.57. The van der Waals surface area contributed by atoms with Crippen LogP contribution in [0.3, 0.4) is 0 Å². The number of carbonyl (C=O) groups is 2. The van der Waals surface area contributed by atoms with Crippen molar-refractivity contribution >= 4 is 29.4 Å². The van der Waals surface area contributed by atoms with Crippen LogP contribution in [0, 0.1) is 0 Å². The van der Waals surface area contributed by atoms with Crippen LogP contribution < -0.4 is 14.2 Å². The molecule has 0 fully saturated rings. The third-order valence-electron chi connectivity index (χ3n) is 4.29. The summed E-state index contributed by atoms with van der Waals surface area (Å²) in [5, 5.41) is 0.355. The van der Waals surface area contributed by atoms with E-state index in [-0.39, 0.29) is 17.1 Å². The van der Waals surface area contributed by atoms with Crippen LogP contribution in [0.4, 0.5) is 0 Å². The summed E-state index contributed by atoms with van der Waals surface area (Å²) in [5.74, 6) is 0.424. The Morgan fingerprint density at radius 1 is 0.867 bits per heavy atom. The van der Waals surface area contributed by atoms with Crippen LogP contribution in [-0.4, -0.2) is 26.0 Å². The summed E-state index contributed by atoms with van der Waals surface area (Å²) >= 11 is 6.06. The van der Waals surface area contributed by atoms with Crippen molar-refractivity contribution in [2.75, 3.05) is 14.2 Å². The third-order valence-corrected chi connectivity index (χ3v) is 4.52. The summed E-state index contributed by atoms with van der Waals surface area (Å²) < 4.78 is 15.8. The fraction of sp³-hybridized carbons (Fsp3) is 0.0833. The first-order valence-corrected chi connectivity index (χ1v) is 9.41. The van der Waals surface area contributed by atoms with Crippen LogP contribution in [-0.2, 0) is 0 Å². The summed E-state index contributed by atoms with van der Waals surface area (Å²) in [7, 11) is 3.10. The fourth-order valence-corrected chi connectivity index (χ4v) is 2.90. The zero-order valence-electron chi connectivity index (χ0n) is 16.4. The molecule has 152 valence electrons. The number of carbonyl (C=O) groups excluding carboxylic acids is 2. The highest BCUT2D eigenvalue weighted by molar-refractivity contribution is 6.31. The molecule has 0 amide bonds. The van der Waals surface area contributed by atoms with Gasteiger partial charge in [-0.15, -0.1) is 0 Å². The van der Waals surface area contributed by atoms with Gasteiger partial charge in [-0.1, -0.05) is 29.8 Å². The van der Waals surface area contributed by atoms with E-state index in [9.17, 15) is 9.59 Å². The first-order valence-electron chi connectivity index (χ1n) is 9.03. The van der Waals surface area contributed by atoms with Crippen molar-refractivity contribution in [1.29, 1.82) is 0 Å². The molecule has 0 aromatic heterocycles. The fourth-order valence-electron chi connectivity index (χ4n) is 2.73. The van der Waals surface area contributed by atoms with Gasteiger partial charge in [-0.05, 0) is 60.7 Å². The van der Waals surface area contributed by atoms with Crippen LogP contribution in [0.1, 0.15) is 26.3 Å². The van der Waals surface area contributed by atoms with Gasteiger partial charge in [-0.25, -0.2) is 4.79 Å². The zero-order chi connectivity index (χ0) is 21.5. The van der Waals surface area contributed by atoms with Gasteiger partial charge < -0.3 is 14.2 Å². The van der Waals surface area contributed by atoms with E-state index in [1.54, 1.807) is 49.6 Å². The van der Waals surface area contributed by atoms with Crippen molar-refractivity contribution in [3.63, 3.8) is 0 Å². The number of methoxy groups -OCH3 is 2. The van der Waals surface area contributed by atoms with Crippen LogP contribution in [0.25, 0.3) is 6.08 Å². The lowest BCUT2D eigenvalue weighted by atomic mass is 10.1. The molecule has 0 spiro atoms. The number of halogens is 1. The molecular weight excluding hydrogens is 404 g/mol. The molecule has 0 bridgehead atoms. The van der Waals surface area contributed by atoms with Gasteiger partial charge in [0, 0.05) is 10.6 Å². The molecule has 0 aliphatic carbocycles. The van der Waals surface area contributed by atoms with Crippen molar-refractivity contribution in [3.8, 4) is 17.2 Å². The van der Waals surface area contributed by atoms with Crippen molar-refractivity contribution in [3.05, 3.63) is 94.5 Å². The minimum Gasteiger partial charge on any atom is -0.497 e. The Morgan fingerprint density at radius 3 is 2.30 bits per heavy atom. The van der Waals surface area contributed by atoms with E-state index >= 15 is 0 Å². The number of para-hydroxylation sites is 1. The molecule has 0 saturated carbocycles. The second-order valence-corrected chi connectivity index (χ2v) is 6.63. The van der Waals surface area contributed by atoms with E-state index in [0.29, 0.717) is 22.1 Å². The second-order valence-electron chi connectivity index (χ2n) is 6.20. The number of ketones is 1. The summed E-state index contributed by atoms with van der Waals surface area (Å²) in [6, 6.07) is 18.3. The van der Waals surface area contributed by atoms with Gasteiger partial charge >= 0.3 is 5.97 Å². The highest BCUT2D eigenvalue weighted by Gasteiger charge is 2.16. The molecule has 6 heteroatoms. The molecule has 0 unspecified atom stereocenters. The van der Waals surface area contributed by atoms with Gasteiger partial charge in [-0.3, -0.25) is 4.79 Å². The number of ether oxygens (including phenoxy) is 3. The summed E-state index contributed by atoms with van der Waals surface area (Å²) in [6.45, 7) is 0. The van der Waals surface area contributed by atoms with E-state index in [2.05, 4.69) is 0 Å². The number of rotatable bonds is 7. The number of hydrogen-bond donors (Lipinski definition) is 0. The third kappa shape index (κ3) is 5.07. The van der Waals surface area contributed by atoms with Crippen LogP contribution in [0.5, 0.6) is 17.2 Å². The van der Waals surface area contributed by atoms with E-state index in [0.717, 1.165) is 5.56 Å². The van der Waals surface area contributed by atoms with E-state index in [1.807, 2.05) is 18.2 Å². The van der Waals surface area contributed by atoms with Gasteiger partial charge in [0.2, 0.25) is 0 Å². The molecule has 3 aromatic carbocycles. The first kappa shape index (κ1) is 21.1. The van der Waals surface area contributed by atoms with Gasteiger partial charge in [0.15, 0.2) is 5.78 Å². The highest BCUT2D eigenvalue weighted by Crippen LogP contribution is 2.26. The van der Waals surface area contributed by atoms with E-state index in [1.165, 1.54) is 25.3 Å². The largest absolute Gasteiger partial charge is 0.497 e. The van der Waals surface area contributed by atoms with Gasteiger partial charge in [0.05, 0.1) is 25.3 Å². The second kappa shape index (κ2) is 9.76. The van der Waals surface area contributed by atoms with Gasteiger partial charge in [0.25, 0.3) is 0 Å². The SMILES string of the molecule is COc1ccc(C(=O)Oc2ccc(Cl)cc2C(=O)C=Cc2ccccc2OC)cc1. The molecule has 0 N–H and O–H groups in total. The average Bonchev–Trinajstić information content (AvgIpc) is 2.78. The molecule has 5 nitrogen and oxygen atoms in total. The van der Waals surface area contributed by atoms with Crippen LogP contribution >= 0.6 is 11.6 Å². The van der Waals surface area contributed by atoms with Crippen LogP contribution in [0.2, 0.25) is 5.02 Å². The molecule has 30 heavy (non-hydrogen) atoms. The van der Waals surface area contributed by atoms with E-state index < -0.39 is 5.97 Å². The monoisotopic (exact) mass is 422 g/mol. The van der Waals surface area contributed by atoms with Crippen molar-refractivity contribution < 1.29 is 23.8 Å². The molecule has 0 saturated heterocycles. The zero-order valence-corrected chi connectivity index (χ0v) is 17.2. The van der Waals surface area contributed by atoms with Crippen LogP contribution in [0.15, 0.2) is 72.8 Å². The predicted octanol–water partition coefficient (Wildman–Crippen LogP) is 5.47. The minimum atomic E-state index is -0.595. The van der Waals surface area contributed by atoms with Crippen molar-refractivity contribution in [2.45, 2.75) is 0 Å². The average molecular weight is 423 g/mol. The predicted molar refractivity (Wildman–Crippen MR) is 116 cm³/mol. The first-order chi connectivity index (χ1) is 14.5. The lowest BCUT2D eigenvalue weighted by Crippen LogP contribution is -2.11. The molecule has 0 aliphatic rings. The maximum Gasteiger partial charge on any atom is 0.343 e. The van der Waals surface area contributed by atoms with E-state index in [4.69, 9.17) is 25.8 Å². The number of esters is 1. The molecule has 3 aromatic rings. The Balaban J connectivity index is 1.84. The van der Waals surface area contributed by atoms with Crippen molar-refractivity contribution in [2.24, 2.45) is 0 Å². The Morgan fingerprint density at radius 2 is 1.60 bits per heavy atom. The normalized spacial score (nSPS) is 10.6. The van der Waals surface area contributed by atoms with Gasteiger partial charge in [-0.2, -0.15) is 0 Å². The molecule has 3 rings (SSSR count). The lowest BCUT2D eigenvalue weighted by molar-refractivity contribution is 0.0733. The summed E-state index contributed by atoms with van der Waals surface area (Å²) in [4.78, 5) is 25.3. The standard InChI is InChI=1S/C24H19ClO5/c1-28-19-11-7-17(8-12-19)24(27)30-23-14-10-18(25)15-20(23)21(26)13-9-16-5-3-4-6-22(16)29-2/h3-15H,1-2H3. The number of benzene rings is 3. The highest BCUT2D eigenvalue weighted by atomic mass is 35.5. The smallest absolute Gasteiger partial charge is 0.343 e. The van der Waals surface area contributed by atoms with Crippen molar-refractivity contribution in [1.82, 2.24) is 0 Å². The molecular formula is C24H19ClO5. The Bertz CT molecular complexity index is 1090. The lowest BCUT2D eigenvalue weighted by Gasteiger charge is -2.09. The Kier molecular flexibility index (Phi) is 6.88. The molecule has 0 aliphatic heterocycles. The number of allylic oxidation sites excluding steroid dienone is 1. The maximum absolute atomic E-state index is 12.8. The number of hydrogen-bond acceptors (Lipinski definition) is 5. The quantitative estimate of drug-likeness (QED) is 0.218.